The van der Waals surface area contributed by atoms with Gasteiger partial charge in [-0.15, -0.1) is 0 Å². The standard InChI is InChI=1S/C18H21N7O/c1-14-12-16(23-17(22-14)21-13-15-4-2-11-26-15)24-7-9-25(10-8-24)18-19-5-3-6-20-18/h2-6,11-12H,7-10,13H2,1H3,(H,21,22,23). The average Bonchev–Trinajstić information content (AvgIpc) is 3.20. The van der Waals surface area contributed by atoms with Crippen LogP contribution in [0.25, 0.3) is 0 Å². The SMILES string of the molecule is Cc1cc(N2CCN(c3ncccn3)CC2)nc(NCc2ccco2)n1. The number of hydrogen-bond donors (Lipinski definition) is 1. The van der Waals surface area contributed by atoms with Crippen molar-refractivity contribution in [1.82, 2.24) is 19.9 Å². The molecule has 0 radical (unpaired) electrons. The molecule has 26 heavy (non-hydrogen) atoms. The fraction of sp³-hybridized carbons (Fsp3) is 0.333. The van der Waals surface area contributed by atoms with Crippen molar-refractivity contribution in [2.75, 3.05) is 41.3 Å². The third kappa shape index (κ3) is 3.74. The van der Waals surface area contributed by atoms with E-state index in [9.17, 15) is 0 Å². The summed E-state index contributed by atoms with van der Waals surface area (Å²) in [7, 11) is 0. The molecule has 1 aliphatic heterocycles. The minimum absolute atomic E-state index is 0.565. The Bertz CT molecular complexity index is 830. The normalized spacial score (nSPS) is 14.5. The molecule has 0 unspecified atom stereocenters. The zero-order chi connectivity index (χ0) is 17.8. The number of nitrogens with zero attached hydrogens (tertiary/aromatic N) is 6. The lowest BCUT2D eigenvalue weighted by Crippen LogP contribution is -2.47. The van der Waals surface area contributed by atoms with Gasteiger partial charge in [-0.25, -0.2) is 15.0 Å². The van der Waals surface area contributed by atoms with Gasteiger partial charge in [0.2, 0.25) is 11.9 Å². The maximum atomic E-state index is 5.34. The highest BCUT2D eigenvalue weighted by Crippen LogP contribution is 2.19. The molecular formula is C18H21N7O. The van der Waals surface area contributed by atoms with Gasteiger partial charge in [0.1, 0.15) is 11.6 Å². The molecule has 4 heterocycles. The van der Waals surface area contributed by atoms with E-state index in [4.69, 9.17) is 4.42 Å². The minimum Gasteiger partial charge on any atom is -0.467 e. The van der Waals surface area contributed by atoms with Gasteiger partial charge in [-0.3, -0.25) is 0 Å². The first-order chi connectivity index (χ1) is 12.8. The van der Waals surface area contributed by atoms with Gasteiger partial charge in [-0.1, -0.05) is 0 Å². The van der Waals surface area contributed by atoms with Gasteiger partial charge in [0.15, 0.2) is 0 Å². The summed E-state index contributed by atoms with van der Waals surface area (Å²) < 4.78 is 5.34. The molecule has 1 aliphatic rings. The molecule has 1 saturated heterocycles. The van der Waals surface area contributed by atoms with Crippen LogP contribution in [0.3, 0.4) is 0 Å². The summed E-state index contributed by atoms with van der Waals surface area (Å²) in [6.07, 6.45) is 5.22. The fourth-order valence-corrected chi connectivity index (χ4v) is 2.96. The van der Waals surface area contributed by atoms with Crippen LogP contribution in [-0.2, 0) is 6.54 Å². The lowest BCUT2D eigenvalue weighted by molar-refractivity contribution is 0.517. The van der Waals surface area contributed by atoms with E-state index in [0.29, 0.717) is 12.5 Å². The topological polar surface area (TPSA) is 83.2 Å². The van der Waals surface area contributed by atoms with Crippen molar-refractivity contribution in [3.63, 3.8) is 0 Å². The molecule has 0 atom stereocenters. The Hall–Kier alpha value is -3.16. The second-order valence-corrected chi connectivity index (χ2v) is 6.15. The molecule has 0 saturated carbocycles. The molecule has 0 aliphatic carbocycles. The molecule has 0 spiro atoms. The Morgan fingerprint density at radius 3 is 2.54 bits per heavy atom. The van der Waals surface area contributed by atoms with E-state index in [0.717, 1.165) is 49.4 Å². The van der Waals surface area contributed by atoms with Gasteiger partial charge in [-0.05, 0) is 25.1 Å². The molecule has 1 N–H and O–H groups in total. The maximum Gasteiger partial charge on any atom is 0.225 e. The highest BCUT2D eigenvalue weighted by atomic mass is 16.3. The molecule has 0 aromatic carbocycles. The summed E-state index contributed by atoms with van der Waals surface area (Å²) in [6.45, 7) is 6.01. The van der Waals surface area contributed by atoms with E-state index in [-0.39, 0.29) is 0 Å². The summed E-state index contributed by atoms with van der Waals surface area (Å²) in [4.78, 5) is 22.3. The second-order valence-electron chi connectivity index (χ2n) is 6.15. The van der Waals surface area contributed by atoms with Crippen molar-refractivity contribution < 1.29 is 4.42 Å². The molecule has 8 heteroatoms. The Morgan fingerprint density at radius 2 is 1.81 bits per heavy atom. The van der Waals surface area contributed by atoms with Crippen molar-refractivity contribution in [2.24, 2.45) is 0 Å². The van der Waals surface area contributed by atoms with Crippen molar-refractivity contribution in [3.05, 3.63) is 54.4 Å². The van der Waals surface area contributed by atoms with Crippen LogP contribution in [-0.4, -0.2) is 46.1 Å². The molecule has 1 fully saturated rings. The lowest BCUT2D eigenvalue weighted by atomic mass is 10.3. The lowest BCUT2D eigenvalue weighted by Gasteiger charge is -2.35. The Kier molecular flexibility index (Phi) is 4.63. The van der Waals surface area contributed by atoms with Crippen LogP contribution in [0.1, 0.15) is 11.5 Å². The molecule has 8 nitrogen and oxygen atoms in total. The van der Waals surface area contributed by atoms with E-state index < -0.39 is 0 Å². The number of anilines is 3. The maximum absolute atomic E-state index is 5.34. The number of piperazine rings is 1. The smallest absolute Gasteiger partial charge is 0.225 e. The number of nitrogens with one attached hydrogen (secondary N) is 1. The zero-order valence-electron chi connectivity index (χ0n) is 14.7. The van der Waals surface area contributed by atoms with Crippen LogP contribution in [0.2, 0.25) is 0 Å². The van der Waals surface area contributed by atoms with E-state index in [1.54, 1.807) is 18.7 Å². The van der Waals surface area contributed by atoms with Crippen LogP contribution >= 0.6 is 0 Å². The number of aromatic nitrogens is 4. The third-order valence-electron chi connectivity index (χ3n) is 4.28. The first kappa shape index (κ1) is 16.3. The summed E-state index contributed by atoms with van der Waals surface area (Å²) in [5.74, 6) is 3.19. The van der Waals surface area contributed by atoms with E-state index in [1.807, 2.05) is 31.2 Å². The summed E-state index contributed by atoms with van der Waals surface area (Å²) >= 11 is 0. The summed E-state index contributed by atoms with van der Waals surface area (Å²) in [5.41, 5.74) is 0.936. The molecule has 4 rings (SSSR count). The van der Waals surface area contributed by atoms with Gasteiger partial charge >= 0.3 is 0 Å². The highest BCUT2D eigenvalue weighted by molar-refractivity contribution is 5.47. The van der Waals surface area contributed by atoms with E-state index >= 15 is 0 Å². The Labute approximate surface area is 151 Å². The number of furan rings is 1. The molecule has 0 bridgehead atoms. The van der Waals surface area contributed by atoms with E-state index in [1.165, 1.54) is 0 Å². The Morgan fingerprint density at radius 1 is 1.04 bits per heavy atom. The van der Waals surface area contributed by atoms with Gasteiger partial charge in [0.05, 0.1) is 12.8 Å². The first-order valence-electron chi connectivity index (χ1n) is 8.67. The number of hydrogen-bond acceptors (Lipinski definition) is 8. The highest BCUT2D eigenvalue weighted by Gasteiger charge is 2.20. The first-order valence-corrected chi connectivity index (χ1v) is 8.67. The summed E-state index contributed by atoms with van der Waals surface area (Å²) in [6, 6.07) is 7.65. The fourth-order valence-electron chi connectivity index (χ4n) is 2.96. The van der Waals surface area contributed by atoms with Gasteiger partial charge in [0, 0.05) is 50.3 Å². The van der Waals surface area contributed by atoms with Gasteiger partial charge in [0.25, 0.3) is 0 Å². The van der Waals surface area contributed by atoms with Crippen LogP contribution in [0.4, 0.5) is 17.7 Å². The number of rotatable bonds is 5. The molecule has 3 aromatic rings. The average molecular weight is 351 g/mol. The molecule has 134 valence electrons. The minimum atomic E-state index is 0.565. The van der Waals surface area contributed by atoms with Crippen LogP contribution in [0.15, 0.2) is 47.3 Å². The van der Waals surface area contributed by atoms with Crippen molar-refractivity contribution in [2.45, 2.75) is 13.5 Å². The quantitative estimate of drug-likeness (QED) is 0.748. The van der Waals surface area contributed by atoms with Crippen LogP contribution < -0.4 is 15.1 Å². The third-order valence-corrected chi connectivity index (χ3v) is 4.28. The van der Waals surface area contributed by atoms with Crippen LogP contribution in [0, 0.1) is 6.92 Å². The van der Waals surface area contributed by atoms with Gasteiger partial charge in [-0.2, -0.15) is 4.98 Å². The van der Waals surface area contributed by atoms with Gasteiger partial charge < -0.3 is 19.5 Å². The zero-order valence-corrected chi connectivity index (χ0v) is 14.7. The summed E-state index contributed by atoms with van der Waals surface area (Å²) in [5, 5.41) is 3.23. The predicted molar refractivity (Wildman–Crippen MR) is 99.3 cm³/mol. The molecule has 0 amide bonds. The largest absolute Gasteiger partial charge is 0.467 e. The van der Waals surface area contributed by atoms with Crippen molar-refractivity contribution in [3.8, 4) is 0 Å². The van der Waals surface area contributed by atoms with E-state index in [2.05, 4.69) is 35.1 Å². The molecular weight excluding hydrogens is 330 g/mol. The second kappa shape index (κ2) is 7.38. The van der Waals surface area contributed by atoms with Crippen molar-refractivity contribution >= 4 is 17.7 Å². The predicted octanol–water partition coefficient (Wildman–Crippen LogP) is 2.11. The monoisotopic (exact) mass is 351 g/mol. The molecule has 3 aromatic heterocycles. The Balaban J connectivity index is 1.41. The van der Waals surface area contributed by atoms with Crippen molar-refractivity contribution in [1.29, 1.82) is 0 Å². The van der Waals surface area contributed by atoms with Crippen LogP contribution in [0.5, 0.6) is 0 Å². The number of aryl methyl sites for hydroxylation is 1.